The Morgan fingerprint density at radius 3 is 2.32 bits per heavy atom. The zero-order valence-corrected chi connectivity index (χ0v) is 14.6. The maximum atomic E-state index is 13.7. The van der Waals surface area contributed by atoms with Crippen molar-refractivity contribution in [1.82, 2.24) is 9.55 Å². The van der Waals surface area contributed by atoms with Gasteiger partial charge in [0.15, 0.2) is 17.5 Å². The zero-order chi connectivity index (χ0) is 20.4. The summed E-state index contributed by atoms with van der Waals surface area (Å²) in [4.78, 5) is 15.3. The van der Waals surface area contributed by atoms with Gasteiger partial charge in [-0.05, 0) is 41.8 Å². The van der Waals surface area contributed by atoms with Crippen molar-refractivity contribution in [2.75, 3.05) is 5.32 Å². The molecule has 146 valence electrons. The average Bonchev–Trinajstić information content (AvgIpc) is 2.65. The van der Waals surface area contributed by atoms with E-state index >= 15 is 0 Å². The Hall–Kier alpha value is -3.20. The number of anilines is 2. The van der Waals surface area contributed by atoms with Gasteiger partial charge in [0.1, 0.15) is 0 Å². The first kappa shape index (κ1) is 19.6. The Balaban J connectivity index is 2.00. The van der Waals surface area contributed by atoms with Gasteiger partial charge in [-0.3, -0.25) is 4.79 Å². The third-order valence-corrected chi connectivity index (χ3v) is 4.07. The number of nitrogens with zero attached hydrogens (tertiary/aromatic N) is 2. The minimum Gasteiger partial charge on any atom is -0.392 e. The van der Waals surface area contributed by atoms with Crippen molar-refractivity contribution >= 4 is 11.6 Å². The van der Waals surface area contributed by atoms with E-state index in [9.17, 15) is 27.5 Å². The second-order valence-electron chi connectivity index (χ2n) is 6.15. The minimum absolute atomic E-state index is 0.0108. The third kappa shape index (κ3) is 4.04. The molecule has 0 bridgehead atoms. The van der Waals surface area contributed by atoms with E-state index in [2.05, 4.69) is 10.3 Å². The Morgan fingerprint density at radius 2 is 1.71 bits per heavy atom. The van der Waals surface area contributed by atoms with Crippen molar-refractivity contribution < 1.29 is 22.7 Å². The van der Waals surface area contributed by atoms with Crippen LogP contribution in [0.15, 0.2) is 41.3 Å². The molecule has 28 heavy (non-hydrogen) atoms. The number of nitrogens with one attached hydrogen (secondary N) is 1. The van der Waals surface area contributed by atoms with Crippen LogP contribution in [0.4, 0.5) is 29.2 Å². The lowest BCUT2D eigenvalue weighted by Crippen LogP contribution is -2.20. The number of halogens is 4. The van der Waals surface area contributed by atoms with Crippen LogP contribution < -0.4 is 10.9 Å². The fourth-order valence-corrected chi connectivity index (χ4v) is 2.67. The summed E-state index contributed by atoms with van der Waals surface area (Å²) in [5.74, 6) is -5.59. The number of rotatable bonds is 5. The lowest BCUT2D eigenvalue weighted by atomic mass is 10.1. The van der Waals surface area contributed by atoms with Crippen LogP contribution in [0, 0.1) is 30.2 Å². The maximum Gasteiger partial charge on any atom is 0.310 e. The molecule has 0 radical (unpaired) electrons. The molecular weight excluding hydrogens is 378 g/mol. The summed E-state index contributed by atoms with van der Waals surface area (Å²) in [7, 11) is 0. The summed E-state index contributed by atoms with van der Waals surface area (Å²) < 4.78 is 54.9. The average molecular weight is 393 g/mol. The highest BCUT2D eigenvalue weighted by molar-refractivity contribution is 5.59. The van der Waals surface area contributed by atoms with E-state index in [1.165, 1.54) is 0 Å². The molecule has 0 aliphatic rings. The third-order valence-electron chi connectivity index (χ3n) is 4.07. The van der Waals surface area contributed by atoms with Gasteiger partial charge in [-0.1, -0.05) is 12.1 Å². The van der Waals surface area contributed by atoms with Crippen molar-refractivity contribution in [3.8, 4) is 0 Å². The van der Waals surface area contributed by atoms with Gasteiger partial charge in [-0.25, -0.2) is 13.2 Å². The molecule has 0 unspecified atom stereocenters. The molecule has 0 spiro atoms. The van der Waals surface area contributed by atoms with Crippen LogP contribution in [0.25, 0.3) is 0 Å². The summed E-state index contributed by atoms with van der Waals surface area (Å²) in [5.41, 5.74) is 0.817. The van der Waals surface area contributed by atoms with Gasteiger partial charge in [0.2, 0.25) is 11.8 Å². The van der Waals surface area contributed by atoms with Crippen molar-refractivity contribution in [2.45, 2.75) is 20.1 Å². The van der Waals surface area contributed by atoms with E-state index in [1.54, 1.807) is 25.1 Å². The van der Waals surface area contributed by atoms with Crippen LogP contribution in [0.3, 0.4) is 0 Å². The summed E-state index contributed by atoms with van der Waals surface area (Å²) >= 11 is 0. The Morgan fingerprint density at radius 1 is 1.04 bits per heavy atom. The van der Waals surface area contributed by atoms with Gasteiger partial charge in [-0.2, -0.15) is 9.37 Å². The lowest BCUT2D eigenvalue weighted by molar-refractivity contribution is 0.282. The number of aromatic nitrogens is 2. The highest BCUT2D eigenvalue weighted by Gasteiger charge is 2.14. The molecule has 2 aromatic carbocycles. The Kier molecular flexibility index (Phi) is 5.46. The molecule has 0 saturated heterocycles. The predicted molar refractivity (Wildman–Crippen MR) is 94.3 cm³/mol. The van der Waals surface area contributed by atoms with Crippen LogP contribution in [-0.2, 0) is 13.2 Å². The largest absolute Gasteiger partial charge is 0.392 e. The quantitative estimate of drug-likeness (QED) is 0.515. The summed E-state index contributed by atoms with van der Waals surface area (Å²) in [6.07, 6.45) is 0.842. The Bertz CT molecular complexity index is 1080. The van der Waals surface area contributed by atoms with Gasteiger partial charge in [0, 0.05) is 11.9 Å². The van der Waals surface area contributed by atoms with Crippen molar-refractivity contribution in [2.24, 2.45) is 0 Å². The van der Waals surface area contributed by atoms with E-state index in [0.717, 1.165) is 28.5 Å². The predicted octanol–water partition coefficient (Wildman–Crippen LogP) is 3.39. The first-order valence-electron chi connectivity index (χ1n) is 8.16. The van der Waals surface area contributed by atoms with E-state index in [1.807, 2.05) is 0 Å². The molecule has 0 aliphatic heterocycles. The molecular formula is C19H15F4N3O2. The molecule has 0 amide bonds. The van der Waals surface area contributed by atoms with Crippen molar-refractivity contribution in [1.29, 1.82) is 0 Å². The first-order chi connectivity index (χ1) is 13.3. The molecule has 0 atom stereocenters. The number of aliphatic hydroxyl groups excluding tert-OH is 1. The van der Waals surface area contributed by atoms with Gasteiger partial charge in [-0.15, -0.1) is 0 Å². The van der Waals surface area contributed by atoms with Crippen LogP contribution in [0.1, 0.15) is 16.7 Å². The highest BCUT2D eigenvalue weighted by Crippen LogP contribution is 2.22. The number of hydrogen-bond acceptors (Lipinski definition) is 4. The minimum atomic E-state index is -1.61. The molecule has 1 aromatic heterocycles. The maximum absolute atomic E-state index is 13.7. The molecule has 3 aromatic rings. The molecule has 1 heterocycles. The summed E-state index contributed by atoms with van der Waals surface area (Å²) in [6.45, 7) is 1.33. The van der Waals surface area contributed by atoms with Crippen molar-refractivity contribution in [3.05, 3.63) is 86.8 Å². The van der Waals surface area contributed by atoms with E-state index in [-0.39, 0.29) is 24.7 Å². The normalized spacial score (nSPS) is 10.9. The summed E-state index contributed by atoms with van der Waals surface area (Å²) in [6, 6.07) is 6.54. The van der Waals surface area contributed by atoms with E-state index < -0.39 is 28.8 Å². The standard InChI is InChI=1S/C19H15F4N3O2/c1-10-4-11(9-27)2-3-16(10)24-19-25-18(28)15(22)8-26(19)7-12-5-13(20)17(23)14(21)6-12/h2-6,8,27H,7,9H2,1H3,(H,24,25,28). The first-order valence-corrected chi connectivity index (χ1v) is 8.16. The molecule has 0 aliphatic carbocycles. The molecule has 9 heteroatoms. The molecule has 3 rings (SSSR count). The van der Waals surface area contributed by atoms with Crippen LogP contribution in [-0.4, -0.2) is 14.7 Å². The SMILES string of the molecule is Cc1cc(CO)ccc1Nc1nc(=O)c(F)cn1Cc1cc(F)c(F)c(F)c1. The fraction of sp³-hybridized carbons (Fsp3) is 0.158. The lowest BCUT2D eigenvalue weighted by Gasteiger charge is -2.16. The van der Waals surface area contributed by atoms with Gasteiger partial charge >= 0.3 is 5.56 Å². The van der Waals surface area contributed by atoms with Gasteiger partial charge < -0.3 is 15.0 Å². The molecule has 2 N–H and O–H groups in total. The monoisotopic (exact) mass is 393 g/mol. The number of benzene rings is 2. The zero-order valence-electron chi connectivity index (χ0n) is 14.6. The van der Waals surface area contributed by atoms with Crippen LogP contribution in [0.2, 0.25) is 0 Å². The van der Waals surface area contributed by atoms with Crippen LogP contribution >= 0.6 is 0 Å². The second kappa shape index (κ2) is 7.81. The van der Waals surface area contributed by atoms with Gasteiger partial charge in [0.25, 0.3) is 0 Å². The van der Waals surface area contributed by atoms with E-state index in [0.29, 0.717) is 11.3 Å². The topological polar surface area (TPSA) is 67.2 Å². The number of aliphatic hydroxyl groups is 1. The number of aryl methyl sites for hydroxylation is 1. The van der Waals surface area contributed by atoms with E-state index in [4.69, 9.17) is 0 Å². The Labute approximate surface area is 156 Å². The van der Waals surface area contributed by atoms with Gasteiger partial charge in [0.05, 0.1) is 13.2 Å². The smallest absolute Gasteiger partial charge is 0.310 e. The second-order valence-corrected chi connectivity index (χ2v) is 6.15. The number of hydrogen-bond donors (Lipinski definition) is 2. The molecule has 5 nitrogen and oxygen atoms in total. The summed E-state index contributed by atoms with van der Waals surface area (Å²) in [5, 5.41) is 12.0. The fourth-order valence-electron chi connectivity index (χ4n) is 2.67. The highest BCUT2D eigenvalue weighted by atomic mass is 19.2. The van der Waals surface area contributed by atoms with Crippen LogP contribution in [0.5, 0.6) is 0 Å². The molecule has 0 saturated carbocycles. The molecule has 0 fully saturated rings. The van der Waals surface area contributed by atoms with Crippen molar-refractivity contribution in [3.63, 3.8) is 0 Å².